The first-order valence-electron chi connectivity index (χ1n) is 9.36. The Morgan fingerprint density at radius 1 is 1.22 bits per heavy atom. The highest BCUT2D eigenvalue weighted by molar-refractivity contribution is 5.93. The van der Waals surface area contributed by atoms with Gasteiger partial charge in [0.15, 0.2) is 5.76 Å². The number of amides is 2. The van der Waals surface area contributed by atoms with E-state index in [1.165, 1.54) is 6.26 Å². The lowest BCUT2D eigenvalue weighted by atomic mass is 9.78. The molecule has 0 saturated carbocycles. The van der Waals surface area contributed by atoms with Crippen molar-refractivity contribution in [2.75, 3.05) is 26.7 Å². The summed E-state index contributed by atoms with van der Waals surface area (Å²) in [5.41, 5.74) is 0.598. The standard InChI is InChI=1S/C21H24N2O4/c1-26-17-6-2-5-16(13-17)14-22-10-4-8-21(20(22)25)9-11-23(15-21)19(24)18-7-3-12-27-18/h2-3,5-7,12-13H,4,8-11,14-15H2,1H3/t21-/m1/s1. The first kappa shape index (κ1) is 17.6. The lowest BCUT2D eigenvalue weighted by molar-refractivity contribution is -0.146. The second-order valence-electron chi connectivity index (χ2n) is 7.42. The second-order valence-corrected chi connectivity index (χ2v) is 7.42. The molecule has 2 aliphatic heterocycles. The molecule has 2 fully saturated rings. The highest BCUT2D eigenvalue weighted by atomic mass is 16.5. The number of carbonyl (C=O) groups excluding carboxylic acids is 2. The zero-order valence-electron chi connectivity index (χ0n) is 15.5. The van der Waals surface area contributed by atoms with Crippen molar-refractivity contribution in [1.29, 1.82) is 0 Å². The molecule has 2 saturated heterocycles. The molecule has 1 aromatic heterocycles. The molecule has 0 aliphatic carbocycles. The molecule has 6 heteroatoms. The molecule has 0 unspecified atom stereocenters. The first-order valence-corrected chi connectivity index (χ1v) is 9.36. The molecule has 1 spiro atoms. The van der Waals surface area contributed by atoms with E-state index in [0.29, 0.717) is 31.8 Å². The van der Waals surface area contributed by atoms with Gasteiger partial charge >= 0.3 is 0 Å². The summed E-state index contributed by atoms with van der Waals surface area (Å²) in [5, 5.41) is 0. The van der Waals surface area contributed by atoms with Crippen LogP contribution >= 0.6 is 0 Å². The topological polar surface area (TPSA) is 63.0 Å². The van der Waals surface area contributed by atoms with E-state index < -0.39 is 5.41 Å². The van der Waals surface area contributed by atoms with Gasteiger partial charge in [0.1, 0.15) is 5.75 Å². The maximum Gasteiger partial charge on any atom is 0.289 e. The number of hydrogen-bond donors (Lipinski definition) is 0. The summed E-state index contributed by atoms with van der Waals surface area (Å²) < 4.78 is 10.5. The number of rotatable bonds is 4. The van der Waals surface area contributed by atoms with Crippen LogP contribution in [0.5, 0.6) is 5.75 Å². The Morgan fingerprint density at radius 2 is 2.11 bits per heavy atom. The fourth-order valence-electron chi connectivity index (χ4n) is 4.27. The molecule has 1 atom stereocenters. The number of hydrogen-bond acceptors (Lipinski definition) is 4. The molecule has 0 N–H and O–H groups in total. The van der Waals surface area contributed by atoms with E-state index in [2.05, 4.69) is 0 Å². The van der Waals surface area contributed by atoms with Gasteiger partial charge in [0.25, 0.3) is 5.91 Å². The average molecular weight is 368 g/mol. The van der Waals surface area contributed by atoms with E-state index in [4.69, 9.17) is 9.15 Å². The van der Waals surface area contributed by atoms with Crippen LogP contribution in [0, 0.1) is 5.41 Å². The molecule has 3 heterocycles. The van der Waals surface area contributed by atoms with E-state index in [-0.39, 0.29) is 11.8 Å². The average Bonchev–Trinajstić information content (AvgIpc) is 3.36. The third-order valence-electron chi connectivity index (χ3n) is 5.70. The van der Waals surface area contributed by atoms with Crippen LogP contribution in [-0.2, 0) is 11.3 Å². The molecule has 27 heavy (non-hydrogen) atoms. The Labute approximate surface area is 158 Å². The fourth-order valence-corrected chi connectivity index (χ4v) is 4.27. The summed E-state index contributed by atoms with van der Waals surface area (Å²) in [6, 6.07) is 11.2. The highest BCUT2D eigenvalue weighted by Gasteiger charge is 2.49. The van der Waals surface area contributed by atoms with E-state index >= 15 is 0 Å². The zero-order chi connectivity index (χ0) is 18.9. The highest BCUT2D eigenvalue weighted by Crippen LogP contribution is 2.41. The number of likely N-dealkylation sites (tertiary alicyclic amines) is 2. The maximum absolute atomic E-state index is 13.3. The maximum atomic E-state index is 13.3. The third-order valence-corrected chi connectivity index (χ3v) is 5.70. The Hall–Kier alpha value is -2.76. The molecule has 142 valence electrons. The van der Waals surface area contributed by atoms with Gasteiger partial charge in [-0.25, -0.2) is 0 Å². The van der Waals surface area contributed by atoms with Crippen molar-refractivity contribution >= 4 is 11.8 Å². The molecular weight excluding hydrogens is 344 g/mol. The van der Waals surface area contributed by atoms with Crippen LogP contribution in [0.2, 0.25) is 0 Å². The van der Waals surface area contributed by atoms with Crippen molar-refractivity contribution in [3.8, 4) is 5.75 Å². The molecule has 2 aliphatic rings. The Balaban J connectivity index is 1.47. The molecule has 2 amide bonds. The summed E-state index contributed by atoms with van der Waals surface area (Å²) in [6.07, 6.45) is 4.01. The number of methoxy groups -OCH3 is 1. The van der Waals surface area contributed by atoms with Crippen molar-refractivity contribution in [2.24, 2.45) is 5.41 Å². The van der Waals surface area contributed by atoms with E-state index in [9.17, 15) is 9.59 Å². The molecule has 0 bridgehead atoms. The predicted molar refractivity (Wildman–Crippen MR) is 99.3 cm³/mol. The minimum absolute atomic E-state index is 0.130. The number of furan rings is 1. The summed E-state index contributed by atoms with van der Waals surface area (Å²) in [6.45, 7) is 2.39. The van der Waals surface area contributed by atoms with Gasteiger partial charge in [-0.2, -0.15) is 0 Å². The van der Waals surface area contributed by atoms with Crippen molar-refractivity contribution in [1.82, 2.24) is 9.80 Å². The summed E-state index contributed by atoms with van der Waals surface area (Å²) in [5.74, 6) is 1.16. The molecule has 2 aromatic rings. The van der Waals surface area contributed by atoms with Gasteiger partial charge in [0, 0.05) is 26.2 Å². The summed E-state index contributed by atoms with van der Waals surface area (Å²) >= 11 is 0. The Kier molecular flexibility index (Phi) is 4.64. The number of ether oxygens (including phenoxy) is 1. The van der Waals surface area contributed by atoms with Crippen molar-refractivity contribution in [3.63, 3.8) is 0 Å². The minimum Gasteiger partial charge on any atom is -0.497 e. The molecule has 0 radical (unpaired) electrons. The quantitative estimate of drug-likeness (QED) is 0.832. The number of benzene rings is 1. The first-order chi connectivity index (χ1) is 13.1. The third kappa shape index (κ3) is 3.31. The monoisotopic (exact) mass is 368 g/mol. The summed E-state index contributed by atoms with van der Waals surface area (Å²) in [4.78, 5) is 29.6. The van der Waals surface area contributed by atoms with Gasteiger partial charge in [-0.1, -0.05) is 12.1 Å². The zero-order valence-corrected chi connectivity index (χ0v) is 15.5. The number of nitrogens with zero attached hydrogens (tertiary/aromatic N) is 2. The van der Waals surface area contributed by atoms with Crippen LogP contribution in [0.4, 0.5) is 0 Å². The van der Waals surface area contributed by atoms with E-state index in [0.717, 1.165) is 30.7 Å². The van der Waals surface area contributed by atoms with Crippen LogP contribution in [0.25, 0.3) is 0 Å². The number of carbonyl (C=O) groups is 2. The van der Waals surface area contributed by atoms with Crippen LogP contribution < -0.4 is 4.74 Å². The van der Waals surface area contributed by atoms with Gasteiger partial charge in [0.05, 0.1) is 18.8 Å². The van der Waals surface area contributed by atoms with Crippen LogP contribution in [0.15, 0.2) is 47.1 Å². The molecule has 6 nitrogen and oxygen atoms in total. The van der Waals surface area contributed by atoms with Crippen LogP contribution in [0.3, 0.4) is 0 Å². The lowest BCUT2D eigenvalue weighted by Crippen LogP contribution is -2.50. The SMILES string of the molecule is COc1cccc(CN2CCC[C@]3(CCN(C(=O)c4ccco4)C3)C2=O)c1. The minimum atomic E-state index is -0.459. The van der Waals surface area contributed by atoms with Gasteiger partial charge in [-0.3, -0.25) is 9.59 Å². The van der Waals surface area contributed by atoms with Gasteiger partial charge < -0.3 is 19.0 Å². The number of piperidine rings is 1. The van der Waals surface area contributed by atoms with Crippen LogP contribution in [0.1, 0.15) is 35.4 Å². The fraction of sp³-hybridized carbons (Fsp3) is 0.429. The second kappa shape index (κ2) is 7.10. The van der Waals surface area contributed by atoms with Crippen molar-refractivity contribution < 1.29 is 18.7 Å². The summed E-state index contributed by atoms with van der Waals surface area (Å²) in [7, 11) is 1.64. The normalized spacial score (nSPS) is 22.5. The lowest BCUT2D eigenvalue weighted by Gasteiger charge is -2.39. The van der Waals surface area contributed by atoms with E-state index in [1.54, 1.807) is 24.1 Å². The van der Waals surface area contributed by atoms with Crippen molar-refractivity contribution in [3.05, 3.63) is 54.0 Å². The molecule has 1 aromatic carbocycles. The Bertz CT molecular complexity index is 832. The largest absolute Gasteiger partial charge is 0.497 e. The van der Waals surface area contributed by atoms with E-state index in [1.807, 2.05) is 29.2 Å². The smallest absolute Gasteiger partial charge is 0.289 e. The molecular formula is C21H24N2O4. The molecule has 4 rings (SSSR count). The van der Waals surface area contributed by atoms with Crippen LogP contribution in [-0.4, -0.2) is 48.4 Å². The van der Waals surface area contributed by atoms with Crippen molar-refractivity contribution in [2.45, 2.75) is 25.8 Å². The van der Waals surface area contributed by atoms with Gasteiger partial charge in [-0.15, -0.1) is 0 Å². The van der Waals surface area contributed by atoms with Gasteiger partial charge in [0.2, 0.25) is 5.91 Å². The Morgan fingerprint density at radius 3 is 2.89 bits per heavy atom. The van der Waals surface area contributed by atoms with Gasteiger partial charge in [-0.05, 0) is 49.1 Å². The predicted octanol–water partition coefficient (Wildman–Crippen LogP) is 2.94.